The standard InChI is InChI=1S/C17H28N2O3S/c1-13-9-19(10-15(22-13)14-5-8-23-11-14)16(21)18-7-4-6-17(2,3)12-20/h5,8,11,13,15,20H,4,6-7,9-10,12H2,1-3H3,(H,18,21)/t13-,15+/m0/s1. The number of carbonyl (C=O) groups is 1. The Labute approximate surface area is 142 Å². The van der Waals surface area contributed by atoms with Crippen LogP contribution in [0.2, 0.25) is 0 Å². The third-order valence-electron chi connectivity index (χ3n) is 4.20. The van der Waals surface area contributed by atoms with Crippen LogP contribution in [0.3, 0.4) is 0 Å². The van der Waals surface area contributed by atoms with E-state index in [4.69, 9.17) is 4.74 Å². The average Bonchev–Trinajstić information content (AvgIpc) is 3.05. The van der Waals surface area contributed by atoms with Gasteiger partial charge in [-0.2, -0.15) is 11.3 Å². The van der Waals surface area contributed by atoms with E-state index in [9.17, 15) is 9.90 Å². The van der Waals surface area contributed by atoms with E-state index in [1.807, 2.05) is 31.1 Å². The van der Waals surface area contributed by atoms with Crippen LogP contribution in [0.25, 0.3) is 0 Å². The van der Waals surface area contributed by atoms with Crippen molar-refractivity contribution >= 4 is 17.4 Å². The van der Waals surface area contributed by atoms with Gasteiger partial charge in [-0.3, -0.25) is 0 Å². The maximum Gasteiger partial charge on any atom is 0.317 e. The maximum atomic E-state index is 12.4. The Morgan fingerprint density at radius 3 is 2.96 bits per heavy atom. The molecule has 0 radical (unpaired) electrons. The summed E-state index contributed by atoms with van der Waals surface area (Å²) in [4.78, 5) is 14.2. The topological polar surface area (TPSA) is 61.8 Å². The molecule has 0 aromatic carbocycles. The number of nitrogens with one attached hydrogen (secondary N) is 1. The molecule has 1 fully saturated rings. The van der Waals surface area contributed by atoms with Crippen LogP contribution in [0.15, 0.2) is 16.8 Å². The lowest BCUT2D eigenvalue weighted by molar-refractivity contribution is -0.0654. The fraction of sp³-hybridized carbons (Fsp3) is 0.706. The van der Waals surface area contributed by atoms with Crippen LogP contribution in [0.1, 0.15) is 45.3 Å². The fourth-order valence-electron chi connectivity index (χ4n) is 2.71. The molecule has 0 saturated carbocycles. The van der Waals surface area contributed by atoms with Crippen molar-refractivity contribution in [3.63, 3.8) is 0 Å². The van der Waals surface area contributed by atoms with Gasteiger partial charge in [-0.05, 0) is 47.6 Å². The number of hydrogen-bond donors (Lipinski definition) is 2. The van der Waals surface area contributed by atoms with Gasteiger partial charge in [0.15, 0.2) is 0 Å². The van der Waals surface area contributed by atoms with Gasteiger partial charge in [-0.1, -0.05) is 13.8 Å². The number of rotatable bonds is 6. The van der Waals surface area contributed by atoms with Gasteiger partial charge >= 0.3 is 6.03 Å². The Morgan fingerprint density at radius 1 is 1.52 bits per heavy atom. The minimum Gasteiger partial charge on any atom is -0.396 e. The molecule has 1 aliphatic heterocycles. The lowest BCUT2D eigenvalue weighted by Crippen LogP contribution is -2.50. The van der Waals surface area contributed by atoms with E-state index in [0.29, 0.717) is 19.6 Å². The first-order valence-corrected chi connectivity index (χ1v) is 9.17. The van der Waals surface area contributed by atoms with Crippen LogP contribution in [0.5, 0.6) is 0 Å². The number of amides is 2. The number of aliphatic hydroxyl groups excluding tert-OH is 1. The van der Waals surface area contributed by atoms with Crippen molar-refractivity contribution in [1.82, 2.24) is 10.2 Å². The highest BCUT2D eigenvalue weighted by atomic mass is 32.1. The summed E-state index contributed by atoms with van der Waals surface area (Å²) >= 11 is 1.65. The summed E-state index contributed by atoms with van der Waals surface area (Å²) < 4.78 is 5.95. The molecule has 2 N–H and O–H groups in total. The van der Waals surface area contributed by atoms with E-state index in [2.05, 4.69) is 16.8 Å². The molecule has 5 nitrogen and oxygen atoms in total. The van der Waals surface area contributed by atoms with E-state index in [-0.39, 0.29) is 30.3 Å². The molecule has 0 aliphatic carbocycles. The molecule has 2 amide bonds. The first-order chi connectivity index (χ1) is 10.9. The monoisotopic (exact) mass is 340 g/mol. The van der Waals surface area contributed by atoms with E-state index >= 15 is 0 Å². The smallest absolute Gasteiger partial charge is 0.317 e. The van der Waals surface area contributed by atoms with Crippen molar-refractivity contribution in [2.24, 2.45) is 5.41 Å². The van der Waals surface area contributed by atoms with E-state index in [1.54, 1.807) is 11.3 Å². The number of ether oxygens (including phenoxy) is 1. The molecule has 2 rings (SSSR count). The van der Waals surface area contributed by atoms with Gasteiger partial charge in [0.2, 0.25) is 0 Å². The van der Waals surface area contributed by atoms with Crippen LogP contribution >= 0.6 is 11.3 Å². The van der Waals surface area contributed by atoms with Gasteiger partial charge < -0.3 is 20.1 Å². The SMILES string of the molecule is C[C@H]1CN(C(=O)NCCCC(C)(C)CO)C[C@H](c2ccsc2)O1. The first-order valence-electron chi connectivity index (χ1n) is 8.22. The zero-order chi connectivity index (χ0) is 16.9. The summed E-state index contributed by atoms with van der Waals surface area (Å²) in [6.07, 6.45) is 1.75. The van der Waals surface area contributed by atoms with Gasteiger partial charge in [0.1, 0.15) is 6.10 Å². The molecule has 1 saturated heterocycles. The van der Waals surface area contributed by atoms with Gasteiger partial charge in [-0.15, -0.1) is 0 Å². The van der Waals surface area contributed by atoms with Crippen molar-refractivity contribution in [2.75, 3.05) is 26.2 Å². The number of thiophene rings is 1. The van der Waals surface area contributed by atoms with Gasteiger partial charge in [0.05, 0.1) is 12.6 Å². The van der Waals surface area contributed by atoms with E-state index in [1.165, 1.54) is 0 Å². The summed E-state index contributed by atoms with van der Waals surface area (Å²) in [6.45, 7) is 8.08. The number of morpholine rings is 1. The lowest BCUT2D eigenvalue weighted by atomic mass is 9.89. The van der Waals surface area contributed by atoms with Crippen molar-refractivity contribution in [2.45, 2.75) is 45.8 Å². The van der Waals surface area contributed by atoms with Gasteiger partial charge in [0.25, 0.3) is 0 Å². The molecule has 6 heteroatoms. The maximum absolute atomic E-state index is 12.4. The molecule has 0 bridgehead atoms. The van der Waals surface area contributed by atoms with E-state index < -0.39 is 0 Å². The Morgan fingerprint density at radius 2 is 2.30 bits per heavy atom. The molecule has 1 aliphatic rings. The minimum atomic E-state index is -0.0811. The van der Waals surface area contributed by atoms with Crippen LogP contribution in [-0.4, -0.2) is 48.4 Å². The van der Waals surface area contributed by atoms with Gasteiger partial charge in [-0.25, -0.2) is 4.79 Å². The average molecular weight is 340 g/mol. The summed E-state index contributed by atoms with van der Waals surface area (Å²) in [6, 6.07) is 2.03. The zero-order valence-corrected chi connectivity index (χ0v) is 15.1. The number of carbonyl (C=O) groups excluding carboxylic acids is 1. The van der Waals surface area contributed by atoms with Crippen LogP contribution in [0, 0.1) is 5.41 Å². The van der Waals surface area contributed by atoms with Crippen molar-refractivity contribution in [3.8, 4) is 0 Å². The van der Waals surface area contributed by atoms with Crippen molar-refractivity contribution in [1.29, 1.82) is 0 Å². The summed E-state index contributed by atoms with van der Waals surface area (Å²) in [7, 11) is 0. The lowest BCUT2D eigenvalue weighted by Gasteiger charge is -2.36. The van der Waals surface area contributed by atoms with Gasteiger partial charge in [0, 0.05) is 19.7 Å². The molecule has 0 spiro atoms. The summed E-state index contributed by atoms with van der Waals surface area (Å²) in [5.74, 6) is 0. The predicted octanol–water partition coefficient (Wildman–Crippen LogP) is 3.02. The third-order valence-corrected chi connectivity index (χ3v) is 4.90. The van der Waals surface area contributed by atoms with Crippen LogP contribution in [-0.2, 0) is 4.74 Å². The normalized spacial score (nSPS) is 22.2. The highest BCUT2D eigenvalue weighted by Gasteiger charge is 2.29. The zero-order valence-electron chi connectivity index (χ0n) is 14.2. The van der Waals surface area contributed by atoms with E-state index in [0.717, 1.165) is 18.4 Å². The molecule has 130 valence electrons. The Hall–Kier alpha value is -1.11. The summed E-state index contributed by atoms with van der Waals surface area (Å²) in [5, 5.41) is 16.3. The van der Waals surface area contributed by atoms with Crippen LogP contribution in [0.4, 0.5) is 4.79 Å². The molecular weight excluding hydrogens is 312 g/mol. The minimum absolute atomic E-state index is 0.0258. The third kappa shape index (κ3) is 5.48. The molecule has 1 aromatic rings. The number of nitrogens with zero attached hydrogens (tertiary/aromatic N) is 1. The predicted molar refractivity (Wildman–Crippen MR) is 92.7 cm³/mol. The number of hydrogen-bond acceptors (Lipinski definition) is 4. The first kappa shape index (κ1) is 18.2. The molecular formula is C17H28N2O3S. The number of urea groups is 1. The second-order valence-corrected chi connectivity index (χ2v) is 7.83. The largest absolute Gasteiger partial charge is 0.396 e. The van der Waals surface area contributed by atoms with Crippen molar-refractivity contribution in [3.05, 3.63) is 22.4 Å². The second kappa shape index (κ2) is 8.13. The molecule has 2 atom stereocenters. The fourth-order valence-corrected chi connectivity index (χ4v) is 3.41. The Bertz CT molecular complexity index is 490. The number of aliphatic hydroxyl groups is 1. The summed E-state index contributed by atoms with van der Waals surface area (Å²) in [5.41, 5.74) is 1.06. The van der Waals surface area contributed by atoms with Crippen molar-refractivity contribution < 1.29 is 14.6 Å². The highest BCUT2D eigenvalue weighted by Crippen LogP contribution is 2.26. The quantitative estimate of drug-likeness (QED) is 0.783. The Balaban J connectivity index is 1.79. The second-order valence-electron chi connectivity index (χ2n) is 7.05. The highest BCUT2D eigenvalue weighted by molar-refractivity contribution is 7.07. The Kier molecular flexibility index (Phi) is 6.44. The molecule has 0 unspecified atom stereocenters. The van der Waals surface area contributed by atoms with Crippen LogP contribution < -0.4 is 5.32 Å². The molecule has 2 heterocycles. The molecule has 1 aromatic heterocycles. The molecule has 23 heavy (non-hydrogen) atoms.